The summed E-state index contributed by atoms with van der Waals surface area (Å²) in [6.45, 7) is 0. The van der Waals surface area contributed by atoms with Crippen LogP contribution >= 0.6 is 23.1 Å². The lowest BCUT2D eigenvalue weighted by atomic mass is 10.2. The third kappa shape index (κ3) is 4.80. The molecule has 0 bridgehead atoms. The monoisotopic (exact) mass is 402 g/mol. The smallest absolute Gasteiger partial charge is 0.311 e. The van der Waals surface area contributed by atoms with Crippen LogP contribution in [0, 0.1) is 10.1 Å². The van der Waals surface area contributed by atoms with Crippen LogP contribution in [-0.2, 0) is 4.79 Å². The van der Waals surface area contributed by atoms with Gasteiger partial charge in [-0.3, -0.25) is 14.9 Å². The molecule has 2 aromatic carbocycles. The van der Waals surface area contributed by atoms with Crippen LogP contribution in [0.3, 0.4) is 0 Å². The fourth-order valence-corrected chi connectivity index (χ4v) is 4.04. The number of nitrogens with zero attached hydrogens (tertiary/aromatic N) is 3. The van der Waals surface area contributed by atoms with Gasteiger partial charge in [-0.15, -0.1) is 11.3 Å². The summed E-state index contributed by atoms with van der Waals surface area (Å²) in [7, 11) is 1.36. The number of para-hydroxylation sites is 1. The topological polar surface area (TPSA) is 107 Å². The highest BCUT2D eigenvalue weighted by atomic mass is 32.2. The van der Waals surface area contributed by atoms with E-state index < -0.39 is 4.92 Å². The molecule has 1 amide bonds. The number of methoxy groups -OCH3 is 1. The maximum absolute atomic E-state index is 11.9. The number of ether oxygens (including phenoxy) is 1. The number of amides is 1. The molecule has 3 rings (SSSR count). The van der Waals surface area contributed by atoms with Crippen LogP contribution in [0.4, 0.5) is 5.69 Å². The lowest BCUT2D eigenvalue weighted by Crippen LogP contribution is -2.19. The van der Waals surface area contributed by atoms with Gasteiger partial charge < -0.3 is 4.74 Å². The van der Waals surface area contributed by atoms with Crippen molar-refractivity contribution < 1.29 is 14.5 Å². The van der Waals surface area contributed by atoms with Crippen LogP contribution in [-0.4, -0.2) is 34.9 Å². The largest absolute Gasteiger partial charge is 0.490 e. The third-order valence-corrected chi connectivity index (χ3v) is 5.58. The molecule has 0 spiro atoms. The van der Waals surface area contributed by atoms with Gasteiger partial charge >= 0.3 is 5.69 Å². The summed E-state index contributed by atoms with van der Waals surface area (Å²) >= 11 is 2.85. The number of hydrogen-bond acceptors (Lipinski definition) is 8. The Morgan fingerprint density at radius 3 is 2.96 bits per heavy atom. The van der Waals surface area contributed by atoms with Gasteiger partial charge in [0.05, 0.1) is 34.2 Å². The number of nitro groups is 1. The second-order valence-corrected chi connectivity index (χ2v) is 7.47. The minimum atomic E-state index is -0.538. The molecular formula is C17H14N4O4S2. The molecule has 0 aliphatic heterocycles. The Kier molecular flexibility index (Phi) is 5.99. The zero-order valence-corrected chi connectivity index (χ0v) is 15.8. The highest BCUT2D eigenvalue weighted by molar-refractivity contribution is 8.01. The molecule has 0 saturated heterocycles. The average Bonchev–Trinajstić information content (AvgIpc) is 3.09. The van der Waals surface area contributed by atoms with Crippen molar-refractivity contribution in [3.05, 3.63) is 58.1 Å². The Labute approximate surface area is 162 Å². The Morgan fingerprint density at radius 2 is 2.22 bits per heavy atom. The maximum atomic E-state index is 11.9. The highest BCUT2D eigenvalue weighted by Crippen LogP contribution is 2.29. The van der Waals surface area contributed by atoms with Gasteiger partial charge in [0, 0.05) is 11.6 Å². The summed E-state index contributed by atoms with van der Waals surface area (Å²) in [5, 5.41) is 14.8. The fraction of sp³-hybridized carbons (Fsp3) is 0.118. The maximum Gasteiger partial charge on any atom is 0.311 e. The summed E-state index contributed by atoms with van der Waals surface area (Å²) in [6, 6.07) is 12.2. The lowest BCUT2D eigenvalue weighted by molar-refractivity contribution is -0.385. The number of thiazole rings is 1. The summed E-state index contributed by atoms with van der Waals surface area (Å²) in [4.78, 5) is 26.8. The predicted octanol–water partition coefficient (Wildman–Crippen LogP) is 3.46. The van der Waals surface area contributed by atoms with E-state index in [-0.39, 0.29) is 23.1 Å². The van der Waals surface area contributed by atoms with E-state index in [4.69, 9.17) is 4.74 Å². The van der Waals surface area contributed by atoms with Gasteiger partial charge in [0.25, 0.3) is 5.91 Å². The number of carbonyl (C=O) groups excluding carboxylic acids is 1. The lowest BCUT2D eigenvalue weighted by Gasteiger charge is -2.02. The van der Waals surface area contributed by atoms with Crippen molar-refractivity contribution in [3.63, 3.8) is 0 Å². The summed E-state index contributed by atoms with van der Waals surface area (Å²) in [6.07, 6.45) is 1.34. The Balaban J connectivity index is 1.55. The molecule has 8 nitrogen and oxygen atoms in total. The number of thioether (sulfide) groups is 1. The van der Waals surface area contributed by atoms with Gasteiger partial charge in [0.15, 0.2) is 10.1 Å². The number of nitro benzene ring substituents is 1. The second-order valence-electron chi connectivity index (χ2n) is 5.22. The van der Waals surface area contributed by atoms with E-state index in [2.05, 4.69) is 15.5 Å². The van der Waals surface area contributed by atoms with Gasteiger partial charge in [0.2, 0.25) is 0 Å². The SMILES string of the molecule is COc1ccc(/C=N\NC(=O)CSc2nc3ccccc3s2)cc1[N+](=O)[O-]. The Morgan fingerprint density at radius 1 is 1.41 bits per heavy atom. The first kappa shape index (κ1) is 18.8. The third-order valence-electron chi connectivity index (χ3n) is 3.40. The van der Waals surface area contributed by atoms with Crippen LogP contribution < -0.4 is 10.2 Å². The van der Waals surface area contributed by atoms with Crippen molar-refractivity contribution in [2.75, 3.05) is 12.9 Å². The molecule has 0 unspecified atom stereocenters. The van der Waals surface area contributed by atoms with Crippen molar-refractivity contribution in [1.82, 2.24) is 10.4 Å². The number of fused-ring (bicyclic) bond motifs is 1. The summed E-state index contributed by atoms with van der Waals surface area (Å²) in [5.41, 5.74) is 3.61. The number of carbonyl (C=O) groups is 1. The molecule has 0 fully saturated rings. The zero-order chi connectivity index (χ0) is 19.2. The first-order valence-corrected chi connectivity index (χ1v) is 9.50. The van der Waals surface area contributed by atoms with Gasteiger partial charge in [-0.2, -0.15) is 5.10 Å². The van der Waals surface area contributed by atoms with Gasteiger partial charge in [0.1, 0.15) is 0 Å². The molecular weight excluding hydrogens is 388 g/mol. The minimum absolute atomic E-state index is 0.161. The van der Waals surface area contributed by atoms with E-state index in [0.29, 0.717) is 5.56 Å². The van der Waals surface area contributed by atoms with E-state index >= 15 is 0 Å². The fourth-order valence-electron chi connectivity index (χ4n) is 2.18. The normalized spacial score (nSPS) is 11.0. The van der Waals surface area contributed by atoms with Crippen LogP contribution in [0.5, 0.6) is 5.75 Å². The van der Waals surface area contributed by atoms with E-state index in [1.807, 2.05) is 24.3 Å². The highest BCUT2D eigenvalue weighted by Gasteiger charge is 2.14. The van der Waals surface area contributed by atoms with Crippen LogP contribution in [0.15, 0.2) is 51.9 Å². The molecule has 1 aromatic heterocycles. The molecule has 138 valence electrons. The van der Waals surface area contributed by atoms with E-state index in [1.165, 1.54) is 48.6 Å². The Bertz CT molecular complexity index is 986. The van der Waals surface area contributed by atoms with Gasteiger partial charge in [-0.25, -0.2) is 10.4 Å². The average molecular weight is 402 g/mol. The van der Waals surface area contributed by atoms with Crippen molar-refractivity contribution >= 4 is 51.1 Å². The van der Waals surface area contributed by atoms with Crippen LogP contribution in [0.25, 0.3) is 10.2 Å². The molecule has 3 aromatic rings. The van der Waals surface area contributed by atoms with Crippen LogP contribution in [0.2, 0.25) is 0 Å². The van der Waals surface area contributed by atoms with Crippen molar-refractivity contribution in [2.45, 2.75) is 4.34 Å². The number of benzene rings is 2. The molecule has 0 aliphatic carbocycles. The number of rotatable bonds is 7. The molecule has 1 N–H and O–H groups in total. The number of aromatic nitrogens is 1. The molecule has 0 radical (unpaired) electrons. The standard InChI is InChI=1S/C17H14N4O4S2/c1-25-14-7-6-11(8-13(14)21(23)24)9-18-20-16(22)10-26-17-19-12-4-2-3-5-15(12)27-17/h2-9H,10H2,1H3,(H,20,22)/b18-9-. The van der Waals surface area contributed by atoms with Crippen molar-refractivity contribution in [1.29, 1.82) is 0 Å². The van der Waals surface area contributed by atoms with Gasteiger partial charge in [-0.1, -0.05) is 23.9 Å². The molecule has 0 atom stereocenters. The Hall–Kier alpha value is -2.98. The molecule has 0 saturated carbocycles. The number of hydrazone groups is 1. The van der Waals surface area contributed by atoms with E-state index in [0.717, 1.165) is 14.6 Å². The first-order chi connectivity index (χ1) is 13.1. The molecule has 10 heteroatoms. The molecule has 1 heterocycles. The second kappa shape index (κ2) is 8.60. The first-order valence-electron chi connectivity index (χ1n) is 7.69. The predicted molar refractivity (Wildman–Crippen MR) is 106 cm³/mol. The van der Waals surface area contributed by atoms with Crippen molar-refractivity contribution in [3.8, 4) is 5.75 Å². The van der Waals surface area contributed by atoms with E-state index in [9.17, 15) is 14.9 Å². The molecule has 0 aliphatic rings. The van der Waals surface area contributed by atoms with Gasteiger partial charge in [-0.05, 0) is 24.3 Å². The van der Waals surface area contributed by atoms with Crippen LogP contribution in [0.1, 0.15) is 5.56 Å². The minimum Gasteiger partial charge on any atom is -0.490 e. The summed E-state index contributed by atoms with van der Waals surface area (Å²) in [5.74, 6) is 0.0341. The molecule has 27 heavy (non-hydrogen) atoms. The zero-order valence-electron chi connectivity index (χ0n) is 14.1. The quantitative estimate of drug-likeness (QED) is 0.281. The summed E-state index contributed by atoms with van der Waals surface area (Å²) < 4.78 is 6.81. The van der Waals surface area contributed by atoms with Crippen molar-refractivity contribution in [2.24, 2.45) is 5.10 Å². The number of hydrogen-bond donors (Lipinski definition) is 1. The van der Waals surface area contributed by atoms with E-state index in [1.54, 1.807) is 6.07 Å². The number of nitrogens with one attached hydrogen (secondary N) is 1.